The van der Waals surface area contributed by atoms with Crippen molar-refractivity contribution in [2.24, 2.45) is 0 Å². The molecule has 0 saturated carbocycles. The zero-order chi connectivity index (χ0) is 13.8. The van der Waals surface area contributed by atoms with Gasteiger partial charge >= 0.3 is 6.03 Å². The second-order valence-corrected chi connectivity index (χ2v) is 4.43. The molecule has 0 bridgehead atoms. The topological polar surface area (TPSA) is 79.5 Å². The Morgan fingerprint density at radius 3 is 3.05 bits per heavy atom. The molecule has 0 aromatic heterocycles. The van der Waals surface area contributed by atoms with Crippen LogP contribution in [0.4, 0.5) is 16.2 Å². The van der Waals surface area contributed by atoms with Gasteiger partial charge in [-0.15, -0.1) is 0 Å². The summed E-state index contributed by atoms with van der Waals surface area (Å²) in [6.45, 7) is 3.88. The van der Waals surface area contributed by atoms with Crippen molar-refractivity contribution < 1.29 is 14.3 Å². The fourth-order valence-corrected chi connectivity index (χ4v) is 1.70. The molecule has 0 aliphatic carbocycles. The maximum atomic E-state index is 11.8. The molecular formula is C13H17N3O3. The molecule has 0 fully saturated rings. The molecule has 0 saturated heterocycles. The Bertz CT molecular complexity index is 502. The van der Waals surface area contributed by atoms with E-state index < -0.39 is 0 Å². The third-order valence-corrected chi connectivity index (χ3v) is 2.87. The van der Waals surface area contributed by atoms with Gasteiger partial charge in [0.25, 0.3) is 5.91 Å². The van der Waals surface area contributed by atoms with Crippen LogP contribution in [0.2, 0.25) is 0 Å². The highest BCUT2D eigenvalue weighted by Crippen LogP contribution is 2.35. The molecule has 102 valence electrons. The third kappa shape index (κ3) is 3.15. The smallest absolute Gasteiger partial charge is 0.319 e. The van der Waals surface area contributed by atoms with Crippen molar-refractivity contribution in [3.05, 3.63) is 18.2 Å². The van der Waals surface area contributed by atoms with Gasteiger partial charge in [-0.25, -0.2) is 4.79 Å². The molecule has 2 rings (SSSR count). The van der Waals surface area contributed by atoms with Crippen LogP contribution in [-0.4, -0.2) is 24.6 Å². The van der Waals surface area contributed by atoms with E-state index in [0.717, 1.165) is 6.42 Å². The van der Waals surface area contributed by atoms with Crippen LogP contribution < -0.4 is 20.7 Å². The molecule has 1 aliphatic rings. The van der Waals surface area contributed by atoms with Crippen molar-refractivity contribution in [2.45, 2.75) is 26.3 Å². The lowest BCUT2D eigenvalue weighted by Crippen LogP contribution is -2.36. The number of rotatable bonds is 3. The summed E-state index contributed by atoms with van der Waals surface area (Å²) in [6, 6.07) is 5.01. The van der Waals surface area contributed by atoms with Crippen LogP contribution in [-0.2, 0) is 4.79 Å². The maximum absolute atomic E-state index is 11.8. The fraction of sp³-hybridized carbons (Fsp3) is 0.385. The van der Waals surface area contributed by atoms with Gasteiger partial charge in [0.15, 0.2) is 12.4 Å². The van der Waals surface area contributed by atoms with Gasteiger partial charge in [-0.2, -0.15) is 0 Å². The highest BCUT2D eigenvalue weighted by molar-refractivity contribution is 5.99. The molecule has 1 aromatic carbocycles. The van der Waals surface area contributed by atoms with Crippen LogP contribution >= 0.6 is 0 Å². The Hall–Kier alpha value is -2.24. The van der Waals surface area contributed by atoms with Crippen LogP contribution in [0.1, 0.15) is 20.3 Å². The average molecular weight is 263 g/mol. The fourth-order valence-electron chi connectivity index (χ4n) is 1.70. The van der Waals surface area contributed by atoms with Crippen molar-refractivity contribution in [2.75, 3.05) is 17.2 Å². The van der Waals surface area contributed by atoms with Crippen LogP contribution in [0.3, 0.4) is 0 Å². The summed E-state index contributed by atoms with van der Waals surface area (Å²) >= 11 is 0. The summed E-state index contributed by atoms with van der Waals surface area (Å²) in [5, 5.41) is 8.21. The van der Waals surface area contributed by atoms with Crippen LogP contribution in [0.25, 0.3) is 0 Å². The standard InChI is InChI=1S/C13H17N3O3/c1-3-8(2)14-13(18)16-10-6-4-5-9-12(10)19-7-11(17)15-9/h4-6,8H,3,7H2,1-2H3,(H,15,17)(H2,14,16,18). The van der Waals surface area contributed by atoms with E-state index in [1.165, 1.54) is 0 Å². The molecule has 0 radical (unpaired) electrons. The lowest BCUT2D eigenvalue weighted by Gasteiger charge is -2.21. The van der Waals surface area contributed by atoms with E-state index in [9.17, 15) is 9.59 Å². The Balaban J connectivity index is 2.11. The molecule has 3 amide bonds. The molecule has 6 nitrogen and oxygen atoms in total. The zero-order valence-corrected chi connectivity index (χ0v) is 10.9. The van der Waals surface area contributed by atoms with Gasteiger partial charge in [0, 0.05) is 6.04 Å². The van der Waals surface area contributed by atoms with E-state index in [2.05, 4.69) is 16.0 Å². The van der Waals surface area contributed by atoms with E-state index in [0.29, 0.717) is 17.1 Å². The molecule has 0 spiro atoms. The second-order valence-electron chi connectivity index (χ2n) is 4.43. The maximum Gasteiger partial charge on any atom is 0.319 e. The normalized spacial score (nSPS) is 14.7. The zero-order valence-electron chi connectivity index (χ0n) is 10.9. The Kier molecular flexibility index (Phi) is 3.89. The van der Waals surface area contributed by atoms with Gasteiger partial charge in [0.2, 0.25) is 0 Å². The van der Waals surface area contributed by atoms with Gasteiger partial charge in [0.1, 0.15) is 0 Å². The minimum Gasteiger partial charge on any atom is -0.479 e. The number of anilines is 2. The van der Waals surface area contributed by atoms with Crippen molar-refractivity contribution in [1.29, 1.82) is 0 Å². The molecule has 1 aliphatic heterocycles. The van der Waals surface area contributed by atoms with Gasteiger partial charge < -0.3 is 20.7 Å². The predicted octanol–water partition coefficient (Wildman–Crippen LogP) is 1.94. The van der Waals surface area contributed by atoms with Crippen LogP contribution in [0.15, 0.2) is 18.2 Å². The van der Waals surface area contributed by atoms with Crippen molar-refractivity contribution in [3.8, 4) is 5.75 Å². The van der Waals surface area contributed by atoms with Gasteiger partial charge in [0.05, 0.1) is 11.4 Å². The summed E-state index contributed by atoms with van der Waals surface area (Å²) in [5.74, 6) is 0.287. The van der Waals surface area contributed by atoms with Crippen LogP contribution in [0, 0.1) is 0 Å². The number of carbonyl (C=O) groups is 2. The molecular weight excluding hydrogens is 246 g/mol. The quantitative estimate of drug-likeness (QED) is 0.779. The molecule has 3 N–H and O–H groups in total. The lowest BCUT2D eigenvalue weighted by atomic mass is 10.2. The van der Waals surface area contributed by atoms with Gasteiger partial charge in [-0.3, -0.25) is 4.79 Å². The Morgan fingerprint density at radius 1 is 1.53 bits per heavy atom. The highest BCUT2D eigenvalue weighted by atomic mass is 16.5. The minimum atomic E-state index is -0.289. The summed E-state index contributed by atoms with van der Waals surface area (Å²) in [6.07, 6.45) is 0.854. The van der Waals surface area contributed by atoms with Crippen LogP contribution in [0.5, 0.6) is 5.75 Å². The van der Waals surface area contributed by atoms with E-state index in [4.69, 9.17) is 4.74 Å². The SMILES string of the molecule is CCC(C)NC(=O)Nc1cccc2c1OCC(=O)N2. The summed E-state index contributed by atoms with van der Waals surface area (Å²) in [4.78, 5) is 23.0. The summed E-state index contributed by atoms with van der Waals surface area (Å²) in [5.41, 5.74) is 1.11. The number of carbonyl (C=O) groups excluding carboxylic acids is 2. The average Bonchev–Trinajstić information content (AvgIpc) is 2.38. The van der Waals surface area contributed by atoms with Gasteiger partial charge in [-0.1, -0.05) is 13.0 Å². The number of hydrogen-bond donors (Lipinski definition) is 3. The number of ether oxygens (including phenoxy) is 1. The lowest BCUT2D eigenvalue weighted by molar-refractivity contribution is -0.118. The number of amides is 3. The van der Waals surface area contributed by atoms with Crippen molar-refractivity contribution in [3.63, 3.8) is 0 Å². The van der Waals surface area contributed by atoms with E-state index in [1.54, 1.807) is 18.2 Å². The molecule has 19 heavy (non-hydrogen) atoms. The van der Waals surface area contributed by atoms with Gasteiger partial charge in [-0.05, 0) is 25.5 Å². The number of para-hydroxylation sites is 1. The molecule has 1 aromatic rings. The number of hydrogen-bond acceptors (Lipinski definition) is 3. The summed E-state index contributed by atoms with van der Waals surface area (Å²) < 4.78 is 5.34. The molecule has 6 heteroatoms. The molecule has 1 unspecified atom stereocenters. The van der Waals surface area contributed by atoms with E-state index >= 15 is 0 Å². The first kappa shape index (κ1) is 13.2. The number of benzene rings is 1. The first-order valence-electron chi connectivity index (χ1n) is 6.23. The number of fused-ring (bicyclic) bond motifs is 1. The largest absolute Gasteiger partial charge is 0.479 e. The minimum absolute atomic E-state index is 0.0430. The number of nitrogens with one attached hydrogen (secondary N) is 3. The molecule has 1 heterocycles. The first-order valence-corrected chi connectivity index (χ1v) is 6.23. The van der Waals surface area contributed by atoms with E-state index in [-0.39, 0.29) is 24.6 Å². The predicted molar refractivity (Wildman–Crippen MR) is 72.5 cm³/mol. The Morgan fingerprint density at radius 2 is 2.32 bits per heavy atom. The molecule has 1 atom stereocenters. The Labute approximate surface area is 111 Å². The van der Waals surface area contributed by atoms with E-state index in [1.807, 2.05) is 13.8 Å². The third-order valence-electron chi connectivity index (χ3n) is 2.87. The number of urea groups is 1. The monoisotopic (exact) mass is 263 g/mol. The van der Waals surface area contributed by atoms with Crippen molar-refractivity contribution in [1.82, 2.24) is 5.32 Å². The second kappa shape index (κ2) is 5.60. The van der Waals surface area contributed by atoms with Crippen molar-refractivity contribution >= 4 is 23.3 Å². The first-order chi connectivity index (χ1) is 9.10. The summed E-state index contributed by atoms with van der Waals surface area (Å²) in [7, 11) is 0. The highest BCUT2D eigenvalue weighted by Gasteiger charge is 2.19.